The number of aliphatic hydroxyl groups is 1. The molecule has 3 nitrogen and oxygen atoms in total. The van der Waals surface area contributed by atoms with Crippen molar-refractivity contribution >= 4 is 23.9 Å². The normalized spacial score (nSPS) is 9.90. The molecule has 3 N–H and O–H groups in total. The molecule has 10 heavy (non-hydrogen) atoms. The van der Waals surface area contributed by atoms with Crippen molar-refractivity contribution in [1.82, 2.24) is 0 Å². The summed E-state index contributed by atoms with van der Waals surface area (Å²) in [5, 5.41) is 27.7. The van der Waals surface area contributed by atoms with Gasteiger partial charge in [-0.2, -0.15) is 0 Å². The van der Waals surface area contributed by atoms with Crippen LogP contribution in [0.15, 0.2) is 11.4 Å². The van der Waals surface area contributed by atoms with Crippen molar-refractivity contribution in [2.45, 2.75) is 6.61 Å². The van der Waals surface area contributed by atoms with E-state index in [9.17, 15) is 0 Å². The summed E-state index contributed by atoms with van der Waals surface area (Å²) in [6, 6.07) is 1.58. The first kappa shape index (κ1) is 7.75. The van der Waals surface area contributed by atoms with Gasteiger partial charge in [0, 0.05) is 4.88 Å². The van der Waals surface area contributed by atoms with E-state index in [1.807, 2.05) is 0 Å². The van der Waals surface area contributed by atoms with Crippen LogP contribution in [0.3, 0.4) is 0 Å². The van der Waals surface area contributed by atoms with Gasteiger partial charge < -0.3 is 15.2 Å². The molecule has 0 unspecified atom stereocenters. The maximum Gasteiger partial charge on any atom is 0.489 e. The monoisotopic (exact) mass is 158 g/mol. The SMILES string of the molecule is OCc1sccc1B(O)O. The maximum atomic E-state index is 8.68. The molecule has 0 saturated heterocycles. The zero-order chi connectivity index (χ0) is 7.56. The van der Waals surface area contributed by atoms with Crippen LogP contribution in [-0.2, 0) is 6.61 Å². The number of hydrogen-bond acceptors (Lipinski definition) is 4. The fourth-order valence-electron chi connectivity index (χ4n) is 0.709. The minimum absolute atomic E-state index is 0.134. The molecule has 0 amide bonds. The van der Waals surface area contributed by atoms with E-state index in [4.69, 9.17) is 15.2 Å². The topological polar surface area (TPSA) is 60.7 Å². The summed E-state index contributed by atoms with van der Waals surface area (Å²) in [6.45, 7) is -0.134. The molecule has 5 heteroatoms. The van der Waals surface area contributed by atoms with Crippen LogP contribution in [0.4, 0.5) is 0 Å². The van der Waals surface area contributed by atoms with Crippen LogP contribution in [0, 0.1) is 0 Å². The van der Waals surface area contributed by atoms with Gasteiger partial charge in [-0.15, -0.1) is 11.3 Å². The lowest BCUT2D eigenvalue weighted by atomic mass is 9.81. The number of thiophene rings is 1. The van der Waals surface area contributed by atoms with Crippen molar-refractivity contribution in [2.24, 2.45) is 0 Å². The minimum Gasteiger partial charge on any atom is -0.423 e. The van der Waals surface area contributed by atoms with Gasteiger partial charge in [0.05, 0.1) is 6.61 Å². The Labute approximate surface area is 62.7 Å². The highest BCUT2D eigenvalue weighted by Gasteiger charge is 2.15. The Morgan fingerprint density at radius 2 is 2.20 bits per heavy atom. The Hall–Kier alpha value is -0.355. The fourth-order valence-corrected chi connectivity index (χ4v) is 1.47. The molecule has 0 aliphatic carbocycles. The first-order chi connectivity index (χ1) is 4.75. The second-order valence-electron chi connectivity index (χ2n) is 1.83. The summed E-state index contributed by atoms with van der Waals surface area (Å²) in [7, 11) is -1.46. The highest BCUT2D eigenvalue weighted by molar-refractivity contribution is 7.11. The van der Waals surface area contributed by atoms with E-state index >= 15 is 0 Å². The third-order valence-electron chi connectivity index (χ3n) is 1.20. The van der Waals surface area contributed by atoms with E-state index in [0.717, 1.165) is 0 Å². The van der Waals surface area contributed by atoms with E-state index in [2.05, 4.69) is 0 Å². The van der Waals surface area contributed by atoms with E-state index in [0.29, 0.717) is 10.3 Å². The van der Waals surface area contributed by atoms with Gasteiger partial charge in [0.2, 0.25) is 0 Å². The molecule has 54 valence electrons. The molecule has 0 spiro atoms. The van der Waals surface area contributed by atoms with Gasteiger partial charge in [-0.25, -0.2) is 0 Å². The molecule has 1 heterocycles. The zero-order valence-corrected chi connectivity index (χ0v) is 6.01. The van der Waals surface area contributed by atoms with Crippen LogP contribution < -0.4 is 5.46 Å². The number of aliphatic hydroxyl groups excluding tert-OH is 1. The average molecular weight is 158 g/mol. The van der Waals surface area contributed by atoms with Crippen molar-refractivity contribution in [3.8, 4) is 0 Å². The van der Waals surface area contributed by atoms with Gasteiger partial charge >= 0.3 is 7.12 Å². The maximum absolute atomic E-state index is 8.68. The van der Waals surface area contributed by atoms with Gasteiger partial charge in [-0.3, -0.25) is 0 Å². The molecule has 0 radical (unpaired) electrons. The minimum atomic E-state index is -1.46. The zero-order valence-electron chi connectivity index (χ0n) is 5.19. The predicted octanol–water partition coefficient (Wildman–Crippen LogP) is -1.08. The molecule has 0 aromatic carbocycles. The van der Waals surface area contributed by atoms with Gasteiger partial charge in [-0.05, 0) is 10.8 Å². The number of rotatable bonds is 2. The van der Waals surface area contributed by atoms with Crippen molar-refractivity contribution in [3.05, 3.63) is 16.3 Å². The van der Waals surface area contributed by atoms with Crippen LogP contribution in [0.5, 0.6) is 0 Å². The second kappa shape index (κ2) is 3.16. The van der Waals surface area contributed by atoms with Gasteiger partial charge in [0.1, 0.15) is 0 Å². The molecular weight excluding hydrogens is 151 g/mol. The largest absolute Gasteiger partial charge is 0.489 e. The Morgan fingerprint density at radius 1 is 1.50 bits per heavy atom. The number of hydrogen-bond donors (Lipinski definition) is 3. The molecule has 0 aliphatic heterocycles. The lowest BCUT2D eigenvalue weighted by molar-refractivity contribution is 0.286. The van der Waals surface area contributed by atoms with Gasteiger partial charge in [-0.1, -0.05) is 6.07 Å². The molecule has 0 atom stereocenters. The molecule has 1 aromatic heterocycles. The quantitative estimate of drug-likeness (QED) is 0.479. The van der Waals surface area contributed by atoms with E-state index < -0.39 is 7.12 Å². The third kappa shape index (κ3) is 1.38. The lowest BCUT2D eigenvalue weighted by Crippen LogP contribution is -2.30. The fraction of sp³-hybridized carbons (Fsp3) is 0.200. The van der Waals surface area contributed by atoms with Crippen molar-refractivity contribution in [1.29, 1.82) is 0 Å². The first-order valence-electron chi connectivity index (χ1n) is 2.79. The van der Waals surface area contributed by atoms with Crippen LogP contribution in [0.2, 0.25) is 0 Å². The molecule has 0 saturated carbocycles. The average Bonchev–Trinajstić information content (AvgIpc) is 2.33. The Bertz CT molecular complexity index is 210. The smallest absolute Gasteiger partial charge is 0.423 e. The van der Waals surface area contributed by atoms with Crippen molar-refractivity contribution in [2.75, 3.05) is 0 Å². The summed E-state index contributed by atoms with van der Waals surface area (Å²) in [4.78, 5) is 0.606. The highest BCUT2D eigenvalue weighted by atomic mass is 32.1. The lowest BCUT2D eigenvalue weighted by Gasteiger charge is -1.96. The standard InChI is InChI=1S/C5H7BO3S/c7-3-5-4(6(8)9)1-2-10-5/h1-2,7-9H,3H2. The molecular formula is C5H7BO3S. The summed E-state index contributed by atoms with van der Waals surface area (Å²) in [6.07, 6.45) is 0. The Kier molecular flexibility index (Phi) is 2.45. The third-order valence-corrected chi connectivity index (χ3v) is 2.12. The van der Waals surface area contributed by atoms with Crippen LogP contribution >= 0.6 is 11.3 Å². The second-order valence-corrected chi connectivity index (χ2v) is 2.83. The first-order valence-corrected chi connectivity index (χ1v) is 3.67. The van der Waals surface area contributed by atoms with E-state index in [1.54, 1.807) is 11.4 Å². The van der Waals surface area contributed by atoms with E-state index in [-0.39, 0.29) is 6.61 Å². The Balaban J connectivity index is 2.90. The molecule has 0 fully saturated rings. The molecule has 0 aliphatic rings. The summed E-state index contributed by atoms with van der Waals surface area (Å²) in [5.74, 6) is 0. The predicted molar refractivity (Wildman–Crippen MR) is 40.1 cm³/mol. The molecule has 0 bridgehead atoms. The molecule has 1 rings (SSSR count). The van der Waals surface area contributed by atoms with Gasteiger partial charge in [0.25, 0.3) is 0 Å². The summed E-state index contributed by atoms with van der Waals surface area (Å²) < 4.78 is 0. The highest BCUT2D eigenvalue weighted by Crippen LogP contribution is 2.05. The molecule has 1 aromatic rings. The summed E-state index contributed by atoms with van der Waals surface area (Å²) in [5.41, 5.74) is 0.396. The van der Waals surface area contributed by atoms with Gasteiger partial charge in [0.15, 0.2) is 0 Å². The van der Waals surface area contributed by atoms with Crippen LogP contribution in [-0.4, -0.2) is 22.3 Å². The van der Waals surface area contributed by atoms with Crippen molar-refractivity contribution < 1.29 is 15.2 Å². The van der Waals surface area contributed by atoms with Crippen molar-refractivity contribution in [3.63, 3.8) is 0 Å². The van der Waals surface area contributed by atoms with Crippen LogP contribution in [0.25, 0.3) is 0 Å². The summed E-state index contributed by atoms with van der Waals surface area (Å²) >= 11 is 1.31. The van der Waals surface area contributed by atoms with E-state index in [1.165, 1.54) is 11.3 Å². The van der Waals surface area contributed by atoms with Crippen LogP contribution in [0.1, 0.15) is 4.88 Å². The Morgan fingerprint density at radius 3 is 2.60 bits per heavy atom.